The largest absolute Gasteiger partial charge is 0.453 e. The Morgan fingerprint density at radius 3 is 2.74 bits per heavy atom. The lowest BCUT2D eigenvalue weighted by atomic mass is 10.0. The van der Waals surface area contributed by atoms with E-state index in [4.69, 9.17) is 21.1 Å². The van der Waals surface area contributed by atoms with Crippen molar-refractivity contribution < 1.29 is 9.47 Å². The van der Waals surface area contributed by atoms with Gasteiger partial charge in [0, 0.05) is 38.3 Å². The van der Waals surface area contributed by atoms with Gasteiger partial charge < -0.3 is 14.8 Å². The van der Waals surface area contributed by atoms with E-state index >= 15 is 0 Å². The van der Waals surface area contributed by atoms with Crippen molar-refractivity contribution in [3.63, 3.8) is 0 Å². The van der Waals surface area contributed by atoms with E-state index in [1.165, 1.54) is 11.1 Å². The van der Waals surface area contributed by atoms with Gasteiger partial charge >= 0.3 is 0 Å². The number of ether oxygens (including phenoxy) is 2. The van der Waals surface area contributed by atoms with E-state index in [-0.39, 0.29) is 6.79 Å². The average Bonchev–Trinajstić information content (AvgIpc) is 2.90. The van der Waals surface area contributed by atoms with Crippen LogP contribution in [0.4, 0.5) is 0 Å². The minimum atomic E-state index is 0.277. The van der Waals surface area contributed by atoms with Gasteiger partial charge in [0.2, 0.25) is 6.79 Å². The van der Waals surface area contributed by atoms with Gasteiger partial charge in [-0.3, -0.25) is 4.90 Å². The first kappa shape index (κ1) is 13.0. The van der Waals surface area contributed by atoms with Crippen molar-refractivity contribution in [2.45, 2.75) is 19.9 Å². The molecule has 2 aliphatic heterocycles. The van der Waals surface area contributed by atoms with Crippen molar-refractivity contribution >= 4 is 11.6 Å². The molecule has 0 bridgehead atoms. The molecule has 0 amide bonds. The molecule has 1 N–H and O–H groups in total. The summed E-state index contributed by atoms with van der Waals surface area (Å²) in [5, 5.41) is 4.03. The Kier molecular flexibility index (Phi) is 3.82. The van der Waals surface area contributed by atoms with Gasteiger partial charge in [-0.25, -0.2) is 0 Å². The maximum atomic E-state index is 6.29. The Morgan fingerprint density at radius 2 is 2.00 bits per heavy atom. The van der Waals surface area contributed by atoms with Gasteiger partial charge in [-0.2, -0.15) is 0 Å². The number of fused-ring (bicyclic) bond motifs is 1. The molecule has 2 aliphatic rings. The van der Waals surface area contributed by atoms with Crippen LogP contribution in [0.15, 0.2) is 6.07 Å². The molecule has 1 fully saturated rings. The van der Waals surface area contributed by atoms with E-state index < -0.39 is 0 Å². The van der Waals surface area contributed by atoms with E-state index in [9.17, 15) is 0 Å². The molecule has 104 valence electrons. The monoisotopic (exact) mass is 282 g/mol. The number of nitrogens with zero attached hydrogens (tertiary/aromatic N) is 1. The molecule has 1 saturated heterocycles. The quantitative estimate of drug-likeness (QED) is 0.920. The molecule has 5 heteroatoms. The smallest absolute Gasteiger partial charge is 0.231 e. The lowest BCUT2D eigenvalue weighted by molar-refractivity contribution is 0.173. The number of rotatable bonds is 3. The third-order valence-corrected chi connectivity index (χ3v) is 4.03. The van der Waals surface area contributed by atoms with Crippen LogP contribution in [-0.4, -0.2) is 37.9 Å². The summed E-state index contributed by atoms with van der Waals surface area (Å²) < 4.78 is 11.0. The number of halogens is 1. The second-order valence-corrected chi connectivity index (χ2v) is 5.35. The molecule has 0 aliphatic carbocycles. The molecule has 0 saturated carbocycles. The van der Waals surface area contributed by atoms with Crippen LogP contribution in [0.2, 0.25) is 5.02 Å². The van der Waals surface area contributed by atoms with Crippen molar-refractivity contribution in [3.8, 4) is 11.5 Å². The zero-order valence-electron chi connectivity index (χ0n) is 11.2. The summed E-state index contributed by atoms with van der Waals surface area (Å²) in [5.74, 6) is 1.56. The minimum absolute atomic E-state index is 0.277. The fraction of sp³-hybridized carbons (Fsp3) is 0.571. The van der Waals surface area contributed by atoms with Gasteiger partial charge in [-0.1, -0.05) is 18.5 Å². The van der Waals surface area contributed by atoms with Crippen LogP contribution in [0, 0.1) is 0 Å². The highest BCUT2D eigenvalue weighted by Gasteiger charge is 2.24. The Hall–Kier alpha value is -0.970. The topological polar surface area (TPSA) is 33.7 Å². The van der Waals surface area contributed by atoms with Crippen LogP contribution in [0.3, 0.4) is 0 Å². The molecular weight excluding hydrogens is 264 g/mol. The summed E-state index contributed by atoms with van der Waals surface area (Å²) in [6, 6.07) is 2.04. The predicted octanol–water partition coefficient (Wildman–Crippen LogP) is 2.04. The van der Waals surface area contributed by atoms with E-state index in [0.29, 0.717) is 10.8 Å². The van der Waals surface area contributed by atoms with Gasteiger partial charge in [-0.05, 0) is 18.1 Å². The van der Waals surface area contributed by atoms with Gasteiger partial charge in [0.05, 0.1) is 5.02 Å². The van der Waals surface area contributed by atoms with Gasteiger partial charge in [-0.15, -0.1) is 0 Å². The van der Waals surface area contributed by atoms with Crippen molar-refractivity contribution in [2.75, 3.05) is 33.0 Å². The van der Waals surface area contributed by atoms with E-state index in [1.807, 2.05) is 6.07 Å². The first-order chi connectivity index (χ1) is 9.29. The molecule has 0 atom stereocenters. The highest BCUT2D eigenvalue weighted by molar-refractivity contribution is 6.32. The lowest BCUT2D eigenvalue weighted by Gasteiger charge is -2.28. The van der Waals surface area contributed by atoms with Crippen molar-refractivity contribution in [2.24, 2.45) is 0 Å². The average molecular weight is 283 g/mol. The molecule has 0 unspecified atom stereocenters. The third-order valence-electron chi connectivity index (χ3n) is 3.75. The maximum absolute atomic E-state index is 6.29. The second-order valence-electron chi connectivity index (χ2n) is 4.94. The lowest BCUT2D eigenvalue weighted by Crippen LogP contribution is -2.43. The molecular formula is C14H19ClN2O2. The highest BCUT2D eigenvalue weighted by atomic mass is 35.5. The van der Waals surface area contributed by atoms with Crippen LogP contribution in [0.1, 0.15) is 18.1 Å². The Labute approximate surface area is 118 Å². The highest BCUT2D eigenvalue weighted by Crippen LogP contribution is 2.43. The number of benzene rings is 1. The normalized spacial score (nSPS) is 18.8. The van der Waals surface area contributed by atoms with Crippen LogP contribution in [0.5, 0.6) is 11.5 Å². The SMILES string of the molecule is CCc1c(CN2CCNCC2)cc(Cl)c2c1OCO2. The van der Waals surface area contributed by atoms with Gasteiger partial charge in [0.15, 0.2) is 11.5 Å². The van der Waals surface area contributed by atoms with Gasteiger partial charge in [0.25, 0.3) is 0 Å². The molecule has 2 heterocycles. The summed E-state index contributed by atoms with van der Waals surface area (Å²) >= 11 is 6.29. The molecule has 0 aromatic heterocycles. The number of piperazine rings is 1. The molecule has 0 spiro atoms. The van der Waals surface area contributed by atoms with E-state index in [0.717, 1.165) is 44.9 Å². The first-order valence-electron chi connectivity index (χ1n) is 6.82. The molecule has 1 aromatic carbocycles. The van der Waals surface area contributed by atoms with E-state index in [1.54, 1.807) is 0 Å². The third kappa shape index (κ3) is 2.53. The summed E-state index contributed by atoms with van der Waals surface area (Å²) in [6.45, 7) is 7.62. The van der Waals surface area contributed by atoms with Crippen LogP contribution < -0.4 is 14.8 Å². The number of hydrogen-bond donors (Lipinski definition) is 1. The molecule has 4 nitrogen and oxygen atoms in total. The summed E-state index contributed by atoms with van der Waals surface area (Å²) in [4.78, 5) is 2.45. The second kappa shape index (κ2) is 5.57. The first-order valence-corrected chi connectivity index (χ1v) is 7.20. The van der Waals surface area contributed by atoms with Gasteiger partial charge in [0.1, 0.15) is 0 Å². The molecule has 0 radical (unpaired) electrons. The molecule has 3 rings (SSSR count). The zero-order valence-corrected chi connectivity index (χ0v) is 11.9. The predicted molar refractivity (Wildman–Crippen MR) is 75.1 cm³/mol. The van der Waals surface area contributed by atoms with Crippen molar-refractivity contribution in [3.05, 3.63) is 22.2 Å². The van der Waals surface area contributed by atoms with Crippen molar-refractivity contribution in [1.29, 1.82) is 0 Å². The number of hydrogen-bond acceptors (Lipinski definition) is 4. The standard InChI is InChI=1S/C14H19ClN2O2/c1-2-11-10(8-17-5-3-16-4-6-17)7-12(15)14-13(11)18-9-19-14/h7,16H,2-6,8-9H2,1H3. The summed E-state index contributed by atoms with van der Waals surface area (Å²) in [6.07, 6.45) is 0.935. The van der Waals surface area contributed by atoms with Crippen molar-refractivity contribution in [1.82, 2.24) is 10.2 Å². The fourth-order valence-corrected chi connectivity index (χ4v) is 3.04. The maximum Gasteiger partial charge on any atom is 0.231 e. The van der Waals surface area contributed by atoms with Crippen LogP contribution in [0.25, 0.3) is 0 Å². The van der Waals surface area contributed by atoms with Crippen LogP contribution >= 0.6 is 11.6 Å². The molecule has 19 heavy (non-hydrogen) atoms. The molecule has 1 aromatic rings. The van der Waals surface area contributed by atoms with Crippen LogP contribution in [-0.2, 0) is 13.0 Å². The number of nitrogens with one attached hydrogen (secondary N) is 1. The summed E-state index contributed by atoms with van der Waals surface area (Å²) in [7, 11) is 0. The minimum Gasteiger partial charge on any atom is -0.453 e. The Bertz CT molecular complexity index is 473. The Morgan fingerprint density at radius 1 is 1.26 bits per heavy atom. The Balaban J connectivity index is 1.89. The zero-order chi connectivity index (χ0) is 13.2. The fourth-order valence-electron chi connectivity index (χ4n) is 2.77. The summed E-state index contributed by atoms with van der Waals surface area (Å²) in [5.41, 5.74) is 2.49. The van der Waals surface area contributed by atoms with E-state index in [2.05, 4.69) is 17.1 Å².